The van der Waals surface area contributed by atoms with Crippen molar-refractivity contribution in [1.82, 2.24) is 4.98 Å². The molecule has 0 saturated heterocycles. The Hall–Kier alpha value is -0.900. The Balaban J connectivity index is 2.89. The van der Waals surface area contributed by atoms with Crippen molar-refractivity contribution in [3.8, 4) is 0 Å². The minimum absolute atomic E-state index is 0.440. The molecule has 0 aromatic carbocycles. The summed E-state index contributed by atoms with van der Waals surface area (Å²) >= 11 is 1.54. The minimum atomic E-state index is 0.440. The van der Waals surface area contributed by atoms with Crippen molar-refractivity contribution in [1.29, 1.82) is 0 Å². The van der Waals surface area contributed by atoms with E-state index in [2.05, 4.69) is 9.98 Å². The number of ether oxygens (including phenoxy) is 1. The fourth-order valence-corrected chi connectivity index (χ4v) is 1.27. The van der Waals surface area contributed by atoms with Crippen molar-refractivity contribution in [2.24, 2.45) is 4.99 Å². The summed E-state index contributed by atoms with van der Waals surface area (Å²) in [5.74, 6) is 0. The number of fused-ring (bicyclic) bond motifs is 1. The maximum Gasteiger partial charge on any atom is 0.180 e. The summed E-state index contributed by atoms with van der Waals surface area (Å²) in [6.45, 7) is 0.440. The second-order valence-electron chi connectivity index (χ2n) is 1.61. The number of rotatable bonds is 0. The summed E-state index contributed by atoms with van der Waals surface area (Å²) in [5.41, 5.74) is 1.76. The third kappa shape index (κ3) is 0.712. The Morgan fingerprint density at radius 1 is 1.67 bits per heavy atom. The van der Waals surface area contributed by atoms with Crippen LogP contribution in [-0.4, -0.2) is 11.7 Å². The highest BCUT2D eigenvalue weighted by molar-refractivity contribution is 7.07. The molecule has 3 nitrogen and oxygen atoms in total. The van der Waals surface area contributed by atoms with Crippen LogP contribution in [0.2, 0.25) is 0 Å². The average Bonchev–Trinajstić information content (AvgIpc) is 2.33. The second kappa shape index (κ2) is 1.80. The van der Waals surface area contributed by atoms with Gasteiger partial charge in [0.2, 0.25) is 0 Å². The van der Waals surface area contributed by atoms with E-state index < -0.39 is 0 Å². The van der Waals surface area contributed by atoms with Gasteiger partial charge in [-0.2, -0.15) is 0 Å². The molecule has 0 radical (unpaired) electrons. The van der Waals surface area contributed by atoms with Crippen LogP contribution in [0.4, 0.5) is 0 Å². The van der Waals surface area contributed by atoms with Gasteiger partial charge in [0.1, 0.15) is 16.3 Å². The predicted octanol–water partition coefficient (Wildman–Crippen LogP) is -0.512. The van der Waals surface area contributed by atoms with Crippen molar-refractivity contribution in [2.75, 3.05) is 6.73 Å². The molecule has 0 fully saturated rings. The van der Waals surface area contributed by atoms with Crippen LogP contribution in [0.1, 0.15) is 0 Å². The van der Waals surface area contributed by atoms with Crippen LogP contribution in [-0.2, 0) is 4.74 Å². The van der Waals surface area contributed by atoms with Crippen molar-refractivity contribution in [2.45, 2.75) is 0 Å². The minimum Gasteiger partial charge on any atom is -0.477 e. The van der Waals surface area contributed by atoms with Gasteiger partial charge in [-0.15, -0.1) is 11.3 Å². The molecule has 0 unspecified atom stereocenters. The maximum absolute atomic E-state index is 4.91. The quantitative estimate of drug-likeness (QED) is 0.486. The Bertz CT molecular complexity index is 285. The zero-order chi connectivity index (χ0) is 6.10. The standard InChI is InChI=1S/C5H4N2OS/c1-4-5(6-2-8-1)9-3-7-4/h1,3H,2H2. The van der Waals surface area contributed by atoms with E-state index in [0.717, 1.165) is 10.0 Å². The van der Waals surface area contributed by atoms with Gasteiger partial charge < -0.3 is 4.74 Å². The largest absolute Gasteiger partial charge is 0.477 e. The van der Waals surface area contributed by atoms with Crippen molar-refractivity contribution < 1.29 is 4.74 Å². The molecule has 0 spiro atoms. The maximum atomic E-state index is 4.91. The molecule has 1 aromatic heterocycles. The highest BCUT2D eigenvalue weighted by atomic mass is 32.1. The molecule has 1 aliphatic heterocycles. The summed E-state index contributed by atoms with van der Waals surface area (Å²) in [5, 5.41) is 0.853. The van der Waals surface area contributed by atoms with E-state index >= 15 is 0 Å². The van der Waals surface area contributed by atoms with Crippen LogP contribution in [0.5, 0.6) is 0 Å². The molecule has 2 rings (SSSR count). The third-order valence-electron chi connectivity index (χ3n) is 1.05. The first-order valence-corrected chi connectivity index (χ1v) is 3.40. The highest BCUT2D eigenvalue weighted by Gasteiger charge is 1.93. The normalized spacial score (nSPS) is 14.7. The molecular weight excluding hydrogens is 136 g/mol. The lowest BCUT2D eigenvalue weighted by Gasteiger charge is -1.94. The van der Waals surface area contributed by atoms with Gasteiger partial charge in [-0.25, -0.2) is 9.98 Å². The molecule has 0 atom stereocenters. The number of thiazole rings is 1. The van der Waals surface area contributed by atoms with Crippen LogP contribution >= 0.6 is 11.3 Å². The third-order valence-corrected chi connectivity index (χ3v) is 1.83. The molecule has 46 valence electrons. The van der Waals surface area contributed by atoms with Gasteiger partial charge in [-0.3, -0.25) is 0 Å². The van der Waals surface area contributed by atoms with E-state index in [1.165, 1.54) is 11.3 Å². The van der Waals surface area contributed by atoms with Crippen LogP contribution in [0.3, 0.4) is 0 Å². The lowest BCUT2D eigenvalue weighted by Crippen LogP contribution is -2.25. The summed E-state index contributed by atoms with van der Waals surface area (Å²) in [6.07, 6.45) is 1.64. The summed E-state index contributed by atoms with van der Waals surface area (Å²) in [4.78, 5) is 8.06. The van der Waals surface area contributed by atoms with Gasteiger partial charge in [0.15, 0.2) is 6.73 Å². The molecule has 0 bridgehead atoms. The van der Waals surface area contributed by atoms with Gasteiger partial charge in [0.05, 0.1) is 5.51 Å². The van der Waals surface area contributed by atoms with Crippen molar-refractivity contribution in [3.05, 3.63) is 15.5 Å². The number of hydrogen-bond acceptors (Lipinski definition) is 4. The number of hydrogen-bond donors (Lipinski definition) is 0. The lowest BCUT2D eigenvalue weighted by atomic mass is 10.7. The summed E-state index contributed by atoms with van der Waals surface area (Å²) in [7, 11) is 0. The van der Waals surface area contributed by atoms with E-state index in [1.54, 1.807) is 11.8 Å². The predicted molar refractivity (Wildman–Crippen MR) is 33.3 cm³/mol. The smallest absolute Gasteiger partial charge is 0.180 e. The van der Waals surface area contributed by atoms with Gasteiger partial charge in [-0.05, 0) is 0 Å². The van der Waals surface area contributed by atoms with Gasteiger partial charge >= 0.3 is 0 Å². The topological polar surface area (TPSA) is 34.5 Å². The molecule has 0 amide bonds. The summed E-state index contributed by atoms with van der Waals surface area (Å²) < 4.78 is 5.88. The zero-order valence-corrected chi connectivity index (χ0v) is 5.39. The Morgan fingerprint density at radius 3 is 3.56 bits per heavy atom. The van der Waals surface area contributed by atoms with E-state index in [1.807, 2.05) is 0 Å². The SMILES string of the molecule is C1=c2ncsc2=NCO1. The molecule has 1 aromatic rings. The monoisotopic (exact) mass is 140 g/mol. The average molecular weight is 140 g/mol. The van der Waals surface area contributed by atoms with Crippen LogP contribution in [0.15, 0.2) is 10.5 Å². The van der Waals surface area contributed by atoms with Crippen molar-refractivity contribution >= 4 is 17.6 Å². The van der Waals surface area contributed by atoms with Gasteiger partial charge in [0, 0.05) is 0 Å². The first-order chi connectivity index (χ1) is 4.47. The first-order valence-electron chi connectivity index (χ1n) is 2.52. The van der Waals surface area contributed by atoms with E-state index in [4.69, 9.17) is 4.74 Å². The molecule has 4 heteroatoms. The fourth-order valence-electron chi connectivity index (χ4n) is 0.660. The molecule has 0 aliphatic carbocycles. The number of nitrogens with zero attached hydrogens (tertiary/aromatic N) is 2. The molecule has 9 heavy (non-hydrogen) atoms. The fraction of sp³-hybridized carbons (Fsp3) is 0.200. The molecule has 1 aliphatic rings. The molecule has 2 heterocycles. The lowest BCUT2D eigenvalue weighted by molar-refractivity contribution is 0.296. The van der Waals surface area contributed by atoms with Gasteiger partial charge in [-0.1, -0.05) is 0 Å². The van der Waals surface area contributed by atoms with E-state index in [9.17, 15) is 0 Å². The molecular formula is C5H4N2OS. The van der Waals surface area contributed by atoms with E-state index in [0.29, 0.717) is 6.73 Å². The summed E-state index contributed by atoms with van der Waals surface area (Å²) in [6, 6.07) is 0. The zero-order valence-electron chi connectivity index (χ0n) is 4.57. The molecule has 0 N–H and O–H groups in total. The van der Waals surface area contributed by atoms with Crippen molar-refractivity contribution in [3.63, 3.8) is 0 Å². The van der Waals surface area contributed by atoms with Crippen LogP contribution in [0, 0.1) is 0 Å². The number of aromatic nitrogens is 1. The van der Waals surface area contributed by atoms with Crippen LogP contribution in [0.25, 0.3) is 6.26 Å². The first kappa shape index (κ1) is 4.93. The Kier molecular flexibility index (Phi) is 0.989. The molecule has 0 saturated carbocycles. The Labute approximate surface area is 55.3 Å². The highest BCUT2D eigenvalue weighted by Crippen LogP contribution is 1.83. The van der Waals surface area contributed by atoms with E-state index in [-0.39, 0.29) is 0 Å². The second-order valence-corrected chi connectivity index (χ2v) is 2.45. The van der Waals surface area contributed by atoms with Crippen LogP contribution < -0.4 is 10.0 Å². The van der Waals surface area contributed by atoms with Gasteiger partial charge in [0.25, 0.3) is 0 Å². The Morgan fingerprint density at radius 2 is 2.67 bits per heavy atom.